The van der Waals surface area contributed by atoms with Gasteiger partial charge in [0.2, 0.25) is 0 Å². The Labute approximate surface area is 124 Å². The number of carboxylic acid groups (broad SMARTS) is 1. The van der Waals surface area contributed by atoms with Crippen molar-refractivity contribution in [2.75, 3.05) is 0 Å². The summed E-state index contributed by atoms with van der Waals surface area (Å²) in [7, 11) is 0. The van der Waals surface area contributed by atoms with E-state index in [0.717, 1.165) is 5.56 Å². The van der Waals surface area contributed by atoms with E-state index in [9.17, 15) is 9.59 Å². The lowest BCUT2D eigenvalue weighted by Crippen LogP contribution is -2.33. The molecule has 0 fully saturated rings. The maximum atomic E-state index is 12.3. The molecule has 0 bridgehead atoms. The van der Waals surface area contributed by atoms with Crippen LogP contribution in [0.2, 0.25) is 0 Å². The van der Waals surface area contributed by atoms with Crippen LogP contribution in [0.15, 0.2) is 18.2 Å². The summed E-state index contributed by atoms with van der Waals surface area (Å²) < 4.78 is 5.80. The Kier molecular flexibility index (Phi) is 4.50. The number of fused-ring (bicyclic) bond motifs is 1. The first-order chi connectivity index (χ1) is 9.90. The summed E-state index contributed by atoms with van der Waals surface area (Å²) in [6.07, 6.45) is 0.501. The van der Waals surface area contributed by atoms with E-state index < -0.39 is 5.97 Å². The van der Waals surface area contributed by atoms with Gasteiger partial charge in [-0.25, -0.2) is 0 Å². The molecule has 1 heterocycles. The van der Waals surface area contributed by atoms with Crippen LogP contribution >= 0.6 is 0 Å². The van der Waals surface area contributed by atoms with E-state index in [1.54, 1.807) is 13.0 Å². The summed E-state index contributed by atoms with van der Waals surface area (Å²) in [5.74, 6) is -0.161. The van der Waals surface area contributed by atoms with Crippen molar-refractivity contribution < 1.29 is 19.4 Å². The van der Waals surface area contributed by atoms with Gasteiger partial charge in [-0.15, -0.1) is 0 Å². The van der Waals surface area contributed by atoms with E-state index >= 15 is 0 Å². The Morgan fingerprint density at radius 1 is 1.38 bits per heavy atom. The smallest absolute Gasteiger partial charge is 0.303 e. The normalized spacial score (nSPS) is 21.3. The Morgan fingerprint density at radius 2 is 2.10 bits per heavy atom. The van der Waals surface area contributed by atoms with E-state index in [2.05, 4.69) is 12.2 Å². The molecule has 1 aromatic carbocycles. The van der Waals surface area contributed by atoms with Crippen molar-refractivity contribution in [1.82, 2.24) is 5.32 Å². The largest absolute Gasteiger partial charge is 0.489 e. The number of para-hydroxylation sites is 1. The number of carboxylic acids is 1. The number of hydrogen-bond acceptors (Lipinski definition) is 3. The monoisotopic (exact) mass is 291 g/mol. The van der Waals surface area contributed by atoms with Crippen LogP contribution in [0.25, 0.3) is 0 Å². The molecule has 21 heavy (non-hydrogen) atoms. The Balaban J connectivity index is 2.09. The van der Waals surface area contributed by atoms with Gasteiger partial charge in [0.25, 0.3) is 5.91 Å². The molecule has 1 aliphatic rings. The van der Waals surface area contributed by atoms with Gasteiger partial charge < -0.3 is 15.2 Å². The van der Waals surface area contributed by atoms with Crippen molar-refractivity contribution >= 4 is 11.9 Å². The van der Waals surface area contributed by atoms with Crippen LogP contribution in [-0.2, 0) is 4.79 Å². The lowest BCUT2D eigenvalue weighted by molar-refractivity contribution is -0.137. The van der Waals surface area contributed by atoms with Crippen LogP contribution in [0.3, 0.4) is 0 Å². The molecule has 2 rings (SSSR count). The predicted molar refractivity (Wildman–Crippen MR) is 78.7 cm³/mol. The van der Waals surface area contributed by atoms with E-state index in [1.165, 1.54) is 0 Å². The maximum absolute atomic E-state index is 12.3. The number of benzene rings is 1. The molecule has 114 valence electrons. The molecule has 0 aliphatic carbocycles. The topological polar surface area (TPSA) is 75.6 Å². The second-order valence-electron chi connectivity index (χ2n) is 5.64. The fraction of sp³-hybridized carbons (Fsp3) is 0.500. The minimum atomic E-state index is -0.859. The molecule has 5 nitrogen and oxygen atoms in total. The van der Waals surface area contributed by atoms with Crippen LogP contribution in [0.1, 0.15) is 55.5 Å². The van der Waals surface area contributed by atoms with Crippen LogP contribution < -0.4 is 10.1 Å². The number of nitrogens with one attached hydrogen (secondary N) is 1. The summed E-state index contributed by atoms with van der Waals surface area (Å²) >= 11 is 0. The molecule has 0 aromatic heterocycles. The zero-order valence-corrected chi connectivity index (χ0v) is 12.6. The highest BCUT2D eigenvalue weighted by Gasteiger charge is 2.31. The number of hydrogen-bond donors (Lipinski definition) is 2. The minimum Gasteiger partial charge on any atom is -0.489 e. The predicted octanol–water partition coefficient (Wildman–Crippen LogP) is 2.55. The highest BCUT2D eigenvalue weighted by Crippen LogP contribution is 2.40. The summed E-state index contributed by atoms with van der Waals surface area (Å²) in [5.41, 5.74) is 1.57. The quantitative estimate of drug-likeness (QED) is 0.874. The Hall–Kier alpha value is -2.04. The summed E-state index contributed by atoms with van der Waals surface area (Å²) in [4.78, 5) is 22.9. The van der Waals surface area contributed by atoms with E-state index in [-0.39, 0.29) is 30.4 Å². The van der Waals surface area contributed by atoms with Gasteiger partial charge in [0.05, 0.1) is 5.56 Å². The lowest BCUT2D eigenvalue weighted by Gasteiger charge is -2.14. The maximum Gasteiger partial charge on any atom is 0.303 e. The summed E-state index contributed by atoms with van der Waals surface area (Å²) in [6, 6.07) is 5.38. The van der Waals surface area contributed by atoms with Crippen molar-refractivity contribution in [3.8, 4) is 5.75 Å². The zero-order valence-electron chi connectivity index (χ0n) is 12.6. The van der Waals surface area contributed by atoms with Gasteiger partial charge in [0, 0.05) is 23.9 Å². The van der Waals surface area contributed by atoms with Gasteiger partial charge in [-0.05, 0) is 26.3 Å². The van der Waals surface area contributed by atoms with Gasteiger partial charge in [-0.3, -0.25) is 9.59 Å². The molecular weight excluding hydrogens is 270 g/mol. The van der Waals surface area contributed by atoms with Gasteiger partial charge >= 0.3 is 5.97 Å². The average molecular weight is 291 g/mol. The van der Waals surface area contributed by atoms with Crippen LogP contribution in [-0.4, -0.2) is 29.1 Å². The van der Waals surface area contributed by atoms with Crippen molar-refractivity contribution in [2.45, 2.75) is 51.7 Å². The summed E-state index contributed by atoms with van der Waals surface area (Å²) in [5, 5.41) is 11.5. The molecule has 1 aliphatic heterocycles. The van der Waals surface area contributed by atoms with Gasteiger partial charge in [0.15, 0.2) is 0 Å². The first-order valence-corrected chi connectivity index (χ1v) is 7.22. The van der Waals surface area contributed by atoms with Crippen LogP contribution in [0, 0.1) is 0 Å². The van der Waals surface area contributed by atoms with Gasteiger partial charge in [-0.2, -0.15) is 0 Å². The molecule has 0 saturated carbocycles. The number of carbonyl (C=O) groups excluding carboxylic acids is 1. The number of rotatable bonds is 5. The minimum absolute atomic E-state index is 0.0406. The molecule has 1 aromatic rings. The fourth-order valence-corrected chi connectivity index (χ4v) is 2.48. The average Bonchev–Trinajstić information content (AvgIpc) is 2.72. The van der Waals surface area contributed by atoms with Crippen molar-refractivity contribution in [1.29, 1.82) is 0 Å². The first kappa shape index (κ1) is 15.4. The fourth-order valence-electron chi connectivity index (χ4n) is 2.48. The molecule has 3 atom stereocenters. The molecule has 0 spiro atoms. The second-order valence-corrected chi connectivity index (χ2v) is 5.64. The van der Waals surface area contributed by atoms with Gasteiger partial charge in [-0.1, -0.05) is 19.1 Å². The van der Waals surface area contributed by atoms with Crippen LogP contribution in [0.5, 0.6) is 5.75 Å². The second kappa shape index (κ2) is 6.16. The third kappa shape index (κ3) is 3.35. The molecule has 5 heteroatoms. The standard InChI is InChI=1S/C16H21NO4/c1-9(7-8-14(18)19)17-16(20)13-6-4-5-12-10(2)11(3)21-15(12)13/h4-6,9-11H,7-8H2,1-3H3,(H,17,20)(H,18,19). The number of ether oxygens (including phenoxy) is 1. The molecule has 0 saturated heterocycles. The van der Waals surface area contributed by atoms with E-state index in [4.69, 9.17) is 9.84 Å². The van der Waals surface area contributed by atoms with Gasteiger partial charge in [0.1, 0.15) is 11.9 Å². The molecule has 0 radical (unpaired) electrons. The lowest BCUT2D eigenvalue weighted by atomic mass is 9.96. The third-order valence-corrected chi connectivity index (χ3v) is 3.96. The third-order valence-electron chi connectivity index (χ3n) is 3.96. The van der Waals surface area contributed by atoms with E-state index in [1.807, 2.05) is 19.1 Å². The SMILES string of the molecule is CC(CCC(=O)O)NC(=O)c1cccc2c1OC(C)C2C. The number of carbonyl (C=O) groups is 2. The molecular formula is C16H21NO4. The molecule has 1 amide bonds. The van der Waals surface area contributed by atoms with Crippen molar-refractivity contribution in [3.05, 3.63) is 29.3 Å². The van der Waals surface area contributed by atoms with Crippen LogP contribution in [0.4, 0.5) is 0 Å². The number of amides is 1. The first-order valence-electron chi connectivity index (χ1n) is 7.22. The van der Waals surface area contributed by atoms with Crippen molar-refractivity contribution in [2.24, 2.45) is 0 Å². The molecule has 3 unspecified atom stereocenters. The van der Waals surface area contributed by atoms with Crippen molar-refractivity contribution in [3.63, 3.8) is 0 Å². The summed E-state index contributed by atoms with van der Waals surface area (Å²) in [6.45, 7) is 5.87. The highest BCUT2D eigenvalue weighted by molar-refractivity contribution is 5.97. The highest BCUT2D eigenvalue weighted by atomic mass is 16.5. The number of aliphatic carboxylic acids is 1. The Bertz CT molecular complexity index is 555. The molecule has 2 N–H and O–H groups in total. The Morgan fingerprint density at radius 3 is 2.76 bits per heavy atom. The van der Waals surface area contributed by atoms with E-state index in [0.29, 0.717) is 17.7 Å². The zero-order chi connectivity index (χ0) is 15.6.